The van der Waals surface area contributed by atoms with Gasteiger partial charge in [-0.2, -0.15) is 0 Å². The van der Waals surface area contributed by atoms with Crippen molar-refractivity contribution in [2.75, 3.05) is 6.54 Å². The van der Waals surface area contributed by atoms with E-state index in [1.165, 1.54) is 5.56 Å². The van der Waals surface area contributed by atoms with E-state index in [0.29, 0.717) is 6.54 Å². The molecule has 0 spiro atoms. The highest BCUT2D eigenvalue weighted by molar-refractivity contribution is 5.19. The molecule has 2 N–H and O–H groups in total. The van der Waals surface area contributed by atoms with E-state index in [0.717, 1.165) is 30.9 Å². The van der Waals surface area contributed by atoms with E-state index in [4.69, 9.17) is 4.42 Å². The standard InChI is InChI=1S/C12H21NO2/c1-4-5-12(14)8-13-7-11-6-9(2)15-10(11)3/h6,12-14H,4-5,7-8H2,1-3H3. The molecule has 0 saturated carbocycles. The van der Waals surface area contributed by atoms with Gasteiger partial charge in [0.1, 0.15) is 11.5 Å². The van der Waals surface area contributed by atoms with Crippen LogP contribution in [0.1, 0.15) is 36.8 Å². The van der Waals surface area contributed by atoms with Crippen LogP contribution in [0, 0.1) is 13.8 Å². The Morgan fingerprint density at radius 2 is 2.20 bits per heavy atom. The fourth-order valence-electron chi connectivity index (χ4n) is 1.67. The fraction of sp³-hybridized carbons (Fsp3) is 0.667. The molecule has 1 aromatic heterocycles. The lowest BCUT2D eigenvalue weighted by Gasteiger charge is -2.09. The molecule has 0 bridgehead atoms. The topological polar surface area (TPSA) is 45.4 Å². The summed E-state index contributed by atoms with van der Waals surface area (Å²) in [5, 5.41) is 12.7. The number of rotatable bonds is 6. The number of furan rings is 1. The van der Waals surface area contributed by atoms with Crippen LogP contribution in [0.25, 0.3) is 0 Å². The van der Waals surface area contributed by atoms with Crippen LogP contribution >= 0.6 is 0 Å². The first-order chi connectivity index (χ1) is 7.13. The predicted octanol–water partition coefficient (Wildman–Crippen LogP) is 2.15. The maximum absolute atomic E-state index is 9.52. The zero-order valence-corrected chi connectivity index (χ0v) is 9.84. The van der Waals surface area contributed by atoms with Crippen LogP contribution in [0.3, 0.4) is 0 Å². The van der Waals surface area contributed by atoms with Crippen molar-refractivity contribution in [1.29, 1.82) is 0 Å². The first-order valence-corrected chi connectivity index (χ1v) is 5.58. The van der Waals surface area contributed by atoms with E-state index in [2.05, 4.69) is 12.2 Å². The van der Waals surface area contributed by atoms with Crippen molar-refractivity contribution >= 4 is 0 Å². The number of hydrogen-bond acceptors (Lipinski definition) is 3. The van der Waals surface area contributed by atoms with Crippen LogP contribution in [0.2, 0.25) is 0 Å². The summed E-state index contributed by atoms with van der Waals surface area (Å²) in [5.74, 6) is 1.91. The highest BCUT2D eigenvalue weighted by Gasteiger charge is 2.05. The highest BCUT2D eigenvalue weighted by atomic mass is 16.3. The number of aliphatic hydroxyl groups is 1. The lowest BCUT2D eigenvalue weighted by atomic mass is 10.2. The van der Waals surface area contributed by atoms with Gasteiger partial charge in [0, 0.05) is 18.7 Å². The lowest BCUT2D eigenvalue weighted by Crippen LogP contribution is -2.26. The quantitative estimate of drug-likeness (QED) is 0.758. The molecule has 1 rings (SSSR count). The number of nitrogens with one attached hydrogen (secondary N) is 1. The van der Waals surface area contributed by atoms with Crippen molar-refractivity contribution in [2.24, 2.45) is 0 Å². The Morgan fingerprint density at radius 1 is 1.47 bits per heavy atom. The second-order valence-electron chi connectivity index (χ2n) is 4.01. The van der Waals surface area contributed by atoms with Gasteiger partial charge in [0.2, 0.25) is 0 Å². The van der Waals surface area contributed by atoms with Crippen LogP contribution in [0.15, 0.2) is 10.5 Å². The molecular weight excluding hydrogens is 190 g/mol. The molecule has 0 saturated heterocycles. The van der Waals surface area contributed by atoms with Crippen molar-refractivity contribution in [1.82, 2.24) is 5.32 Å². The Morgan fingerprint density at radius 3 is 2.73 bits per heavy atom. The maximum Gasteiger partial charge on any atom is 0.105 e. The van der Waals surface area contributed by atoms with Crippen LogP contribution in [0.5, 0.6) is 0 Å². The molecule has 15 heavy (non-hydrogen) atoms. The average Bonchev–Trinajstić information content (AvgIpc) is 2.46. The molecule has 1 heterocycles. The molecule has 86 valence electrons. The largest absolute Gasteiger partial charge is 0.466 e. The molecule has 0 aromatic carbocycles. The van der Waals surface area contributed by atoms with Gasteiger partial charge >= 0.3 is 0 Å². The van der Waals surface area contributed by atoms with Crippen molar-refractivity contribution in [3.8, 4) is 0 Å². The molecule has 0 aliphatic heterocycles. The molecule has 0 amide bonds. The van der Waals surface area contributed by atoms with E-state index in [1.807, 2.05) is 19.9 Å². The van der Waals surface area contributed by atoms with Crippen molar-refractivity contribution in [3.63, 3.8) is 0 Å². The molecule has 1 aromatic rings. The third-order valence-electron chi connectivity index (χ3n) is 2.46. The monoisotopic (exact) mass is 211 g/mol. The Labute approximate surface area is 91.5 Å². The molecule has 3 nitrogen and oxygen atoms in total. The van der Waals surface area contributed by atoms with Gasteiger partial charge in [-0.15, -0.1) is 0 Å². The smallest absolute Gasteiger partial charge is 0.105 e. The maximum atomic E-state index is 9.52. The molecular formula is C12H21NO2. The van der Waals surface area contributed by atoms with Crippen molar-refractivity contribution < 1.29 is 9.52 Å². The average molecular weight is 211 g/mol. The predicted molar refractivity (Wildman–Crippen MR) is 60.8 cm³/mol. The number of aliphatic hydroxyl groups excluding tert-OH is 1. The SMILES string of the molecule is CCCC(O)CNCc1cc(C)oc1C. The zero-order chi connectivity index (χ0) is 11.3. The second kappa shape index (κ2) is 5.93. The summed E-state index contributed by atoms with van der Waals surface area (Å²) in [6.45, 7) is 7.41. The summed E-state index contributed by atoms with van der Waals surface area (Å²) in [6.07, 6.45) is 1.65. The van der Waals surface area contributed by atoms with Crippen LogP contribution in [-0.2, 0) is 6.54 Å². The Balaban J connectivity index is 2.28. The van der Waals surface area contributed by atoms with Crippen molar-refractivity contribution in [3.05, 3.63) is 23.2 Å². The number of aryl methyl sites for hydroxylation is 2. The lowest BCUT2D eigenvalue weighted by molar-refractivity contribution is 0.160. The van der Waals surface area contributed by atoms with E-state index < -0.39 is 0 Å². The Kier molecular flexibility index (Phi) is 4.85. The third-order valence-corrected chi connectivity index (χ3v) is 2.46. The molecule has 0 radical (unpaired) electrons. The molecule has 1 atom stereocenters. The first kappa shape index (κ1) is 12.3. The van der Waals surface area contributed by atoms with Gasteiger partial charge in [0.15, 0.2) is 0 Å². The van der Waals surface area contributed by atoms with E-state index >= 15 is 0 Å². The first-order valence-electron chi connectivity index (χ1n) is 5.58. The summed E-state index contributed by atoms with van der Waals surface area (Å²) >= 11 is 0. The summed E-state index contributed by atoms with van der Waals surface area (Å²) in [4.78, 5) is 0. The number of hydrogen-bond donors (Lipinski definition) is 2. The van der Waals surface area contributed by atoms with Crippen LogP contribution in [0.4, 0.5) is 0 Å². The fourth-order valence-corrected chi connectivity index (χ4v) is 1.67. The summed E-state index contributed by atoms with van der Waals surface area (Å²) in [6, 6.07) is 2.04. The van der Waals surface area contributed by atoms with E-state index in [-0.39, 0.29) is 6.10 Å². The van der Waals surface area contributed by atoms with Gasteiger partial charge < -0.3 is 14.8 Å². The highest BCUT2D eigenvalue weighted by Crippen LogP contribution is 2.12. The van der Waals surface area contributed by atoms with Crippen LogP contribution in [-0.4, -0.2) is 17.8 Å². The minimum atomic E-state index is -0.233. The summed E-state index contributed by atoms with van der Waals surface area (Å²) in [5.41, 5.74) is 1.18. The Bertz CT molecular complexity index is 294. The van der Waals surface area contributed by atoms with Gasteiger partial charge in [-0.05, 0) is 26.3 Å². The van der Waals surface area contributed by atoms with Gasteiger partial charge in [-0.3, -0.25) is 0 Å². The Hall–Kier alpha value is -0.800. The minimum Gasteiger partial charge on any atom is -0.466 e. The van der Waals surface area contributed by atoms with Gasteiger partial charge in [0.05, 0.1) is 6.10 Å². The zero-order valence-electron chi connectivity index (χ0n) is 9.84. The molecule has 1 unspecified atom stereocenters. The van der Waals surface area contributed by atoms with Gasteiger partial charge in [0.25, 0.3) is 0 Å². The van der Waals surface area contributed by atoms with E-state index in [9.17, 15) is 5.11 Å². The minimum absolute atomic E-state index is 0.233. The third kappa shape index (κ3) is 4.06. The molecule has 3 heteroatoms. The van der Waals surface area contributed by atoms with E-state index in [1.54, 1.807) is 0 Å². The molecule has 0 aliphatic rings. The molecule has 0 fully saturated rings. The van der Waals surface area contributed by atoms with Gasteiger partial charge in [-0.1, -0.05) is 13.3 Å². The van der Waals surface area contributed by atoms with Gasteiger partial charge in [-0.25, -0.2) is 0 Å². The van der Waals surface area contributed by atoms with Crippen molar-refractivity contribution in [2.45, 2.75) is 46.3 Å². The molecule has 0 aliphatic carbocycles. The second-order valence-corrected chi connectivity index (χ2v) is 4.01. The summed E-state index contributed by atoms with van der Waals surface area (Å²) < 4.78 is 5.42. The van der Waals surface area contributed by atoms with Crippen LogP contribution < -0.4 is 5.32 Å². The summed E-state index contributed by atoms with van der Waals surface area (Å²) in [7, 11) is 0. The normalized spacial score (nSPS) is 13.1.